The van der Waals surface area contributed by atoms with Crippen molar-refractivity contribution >= 4 is 11.9 Å². The Bertz CT molecular complexity index is 641. The molecule has 142 valence electrons. The number of hydrogen-bond acceptors (Lipinski definition) is 3. The minimum atomic E-state index is -0.938. The summed E-state index contributed by atoms with van der Waals surface area (Å²) in [5.74, 6) is -0.686. The largest absolute Gasteiger partial charge is 0.387 e. The molecule has 3 rings (SSSR count). The first-order chi connectivity index (χ1) is 12.5. The van der Waals surface area contributed by atoms with Gasteiger partial charge in [0.15, 0.2) is 0 Å². The van der Waals surface area contributed by atoms with E-state index in [0.717, 1.165) is 25.9 Å². The van der Waals surface area contributed by atoms with Crippen LogP contribution in [0.5, 0.6) is 0 Å². The Morgan fingerprint density at radius 2 is 1.81 bits per heavy atom. The van der Waals surface area contributed by atoms with Gasteiger partial charge in [-0.05, 0) is 43.4 Å². The fourth-order valence-corrected chi connectivity index (χ4v) is 3.61. The maximum absolute atomic E-state index is 13.2. The number of nitrogens with zero attached hydrogens (tertiary/aromatic N) is 2. The summed E-state index contributed by atoms with van der Waals surface area (Å²) in [5, 5.41) is 12.8. The standard InChI is InChI=1S/C19H26FN3O3/c20-16-5-3-4-15(12-16)17(24)13-21-18(25)14-6-10-23(11-7-14)19(26)22-8-1-2-9-22/h3-5,12,14,17,24H,1-2,6-11,13H2,(H,21,25). The molecule has 2 aliphatic rings. The number of aliphatic hydroxyl groups excluding tert-OH is 1. The maximum Gasteiger partial charge on any atom is 0.319 e. The van der Waals surface area contributed by atoms with Gasteiger partial charge in [0.1, 0.15) is 5.82 Å². The zero-order valence-corrected chi connectivity index (χ0v) is 14.9. The van der Waals surface area contributed by atoms with Gasteiger partial charge in [0.25, 0.3) is 0 Å². The van der Waals surface area contributed by atoms with Gasteiger partial charge in [0.2, 0.25) is 5.91 Å². The molecule has 2 fully saturated rings. The van der Waals surface area contributed by atoms with Crippen molar-refractivity contribution in [2.45, 2.75) is 31.8 Å². The van der Waals surface area contributed by atoms with Gasteiger partial charge in [0.05, 0.1) is 6.10 Å². The van der Waals surface area contributed by atoms with Crippen molar-refractivity contribution in [3.05, 3.63) is 35.6 Å². The summed E-state index contributed by atoms with van der Waals surface area (Å²) >= 11 is 0. The number of likely N-dealkylation sites (tertiary alicyclic amines) is 2. The van der Waals surface area contributed by atoms with Gasteiger partial charge < -0.3 is 20.2 Å². The van der Waals surface area contributed by atoms with Crippen LogP contribution in [0.2, 0.25) is 0 Å². The van der Waals surface area contributed by atoms with E-state index >= 15 is 0 Å². The summed E-state index contributed by atoms with van der Waals surface area (Å²) in [6.07, 6.45) is 2.45. The summed E-state index contributed by atoms with van der Waals surface area (Å²) in [6, 6.07) is 5.82. The zero-order valence-electron chi connectivity index (χ0n) is 14.9. The Hall–Kier alpha value is -2.15. The zero-order chi connectivity index (χ0) is 18.5. The van der Waals surface area contributed by atoms with Crippen LogP contribution in [0.4, 0.5) is 9.18 Å². The third kappa shape index (κ3) is 4.52. The molecule has 0 radical (unpaired) electrons. The first-order valence-electron chi connectivity index (χ1n) is 9.29. The minimum absolute atomic E-state index is 0.0508. The minimum Gasteiger partial charge on any atom is -0.387 e. The second kappa shape index (κ2) is 8.49. The number of carbonyl (C=O) groups is 2. The SMILES string of the molecule is O=C(NCC(O)c1cccc(F)c1)C1CCN(C(=O)N2CCCC2)CC1. The molecule has 0 saturated carbocycles. The molecule has 1 aromatic rings. The Morgan fingerprint density at radius 3 is 2.46 bits per heavy atom. The molecule has 2 heterocycles. The number of rotatable bonds is 4. The predicted octanol–water partition coefficient (Wildman–Crippen LogP) is 1.90. The van der Waals surface area contributed by atoms with Crippen molar-refractivity contribution in [3.63, 3.8) is 0 Å². The Morgan fingerprint density at radius 1 is 1.15 bits per heavy atom. The normalized spacial score (nSPS) is 19.5. The summed E-state index contributed by atoms with van der Waals surface area (Å²) in [7, 11) is 0. The fourth-order valence-electron chi connectivity index (χ4n) is 3.61. The molecule has 3 amide bonds. The molecular weight excluding hydrogens is 337 g/mol. The van der Waals surface area contributed by atoms with E-state index in [4.69, 9.17) is 0 Å². The lowest BCUT2D eigenvalue weighted by atomic mass is 9.96. The molecule has 0 aliphatic carbocycles. The summed E-state index contributed by atoms with van der Waals surface area (Å²) < 4.78 is 13.2. The topological polar surface area (TPSA) is 72.9 Å². The van der Waals surface area contributed by atoms with E-state index in [1.54, 1.807) is 6.07 Å². The van der Waals surface area contributed by atoms with Crippen molar-refractivity contribution in [3.8, 4) is 0 Å². The summed E-state index contributed by atoms with van der Waals surface area (Å²) in [5.41, 5.74) is 0.441. The van der Waals surface area contributed by atoms with Gasteiger partial charge >= 0.3 is 6.03 Å². The number of halogens is 1. The maximum atomic E-state index is 13.2. The van der Waals surface area contributed by atoms with Crippen molar-refractivity contribution in [2.24, 2.45) is 5.92 Å². The number of aliphatic hydroxyl groups is 1. The first-order valence-corrected chi connectivity index (χ1v) is 9.29. The average Bonchev–Trinajstić information content (AvgIpc) is 3.20. The predicted molar refractivity (Wildman–Crippen MR) is 94.9 cm³/mol. The fraction of sp³-hybridized carbons (Fsp3) is 0.579. The van der Waals surface area contributed by atoms with E-state index in [1.165, 1.54) is 18.2 Å². The lowest BCUT2D eigenvalue weighted by Crippen LogP contribution is -2.48. The molecule has 6 nitrogen and oxygen atoms in total. The van der Waals surface area contributed by atoms with E-state index in [9.17, 15) is 19.1 Å². The molecule has 7 heteroatoms. The summed E-state index contributed by atoms with van der Waals surface area (Å²) in [4.78, 5) is 28.4. The monoisotopic (exact) mass is 363 g/mol. The smallest absolute Gasteiger partial charge is 0.319 e. The van der Waals surface area contributed by atoms with E-state index in [-0.39, 0.29) is 24.4 Å². The first kappa shape index (κ1) is 18.6. The Kier molecular flexibility index (Phi) is 6.08. The van der Waals surface area contributed by atoms with Gasteiger partial charge in [-0.25, -0.2) is 9.18 Å². The van der Waals surface area contributed by atoms with Crippen molar-refractivity contribution in [1.82, 2.24) is 15.1 Å². The van der Waals surface area contributed by atoms with Crippen LogP contribution in [0.15, 0.2) is 24.3 Å². The number of carbonyl (C=O) groups excluding carboxylic acids is 2. The number of benzene rings is 1. The van der Waals surface area contributed by atoms with Gasteiger partial charge in [0, 0.05) is 38.6 Å². The average molecular weight is 363 g/mol. The lowest BCUT2D eigenvalue weighted by molar-refractivity contribution is -0.126. The number of piperidine rings is 1. The lowest BCUT2D eigenvalue weighted by Gasteiger charge is -2.34. The number of amides is 3. The van der Waals surface area contributed by atoms with Crippen LogP contribution < -0.4 is 5.32 Å². The number of nitrogens with one attached hydrogen (secondary N) is 1. The van der Waals surface area contributed by atoms with E-state index in [2.05, 4.69) is 5.32 Å². The van der Waals surface area contributed by atoms with Gasteiger partial charge in [-0.2, -0.15) is 0 Å². The van der Waals surface area contributed by atoms with E-state index < -0.39 is 11.9 Å². The number of urea groups is 1. The van der Waals surface area contributed by atoms with Crippen molar-refractivity contribution < 1.29 is 19.1 Å². The molecule has 0 bridgehead atoms. The molecule has 0 spiro atoms. The third-order valence-corrected chi connectivity index (χ3v) is 5.22. The molecule has 26 heavy (non-hydrogen) atoms. The second-order valence-corrected chi connectivity index (χ2v) is 7.05. The van der Waals surface area contributed by atoms with E-state index in [1.807, 2.05) is 9.80 Å². The van der Waals surface area contributed by atoms with Crippen LogP contribution in [-0.4, -0.2) is 59.6 Å². The van der Waals surface area contributed by atoms with Crippen LogP contribution in [0.3, 0.4) is 0 Å². The van der Waals surface area contributed by atoms with Crippen LogP contribution in [0, 0.1) is 11.7 Å². The highest BCUT2D eigenvalue weighted by molar-refractivity contribution is 5.79. The highest BCUT2D eigenvalue weighted by atomic mass is 19.1. The van der Waals surface area contributed by atoms with Gasteiger partial charge in [-0.1, -0.05) is 12.1 Å². The van der Waals surface area contributed by atoms with E-state index in [0.29, 0.717) is 31.5 Å². The van der Waals surface area contributed by atoms with Gasteiger partial charge in [-0.15, -0.1) is 0 Å². The molecule has 0 aromatic heterocycles. The van der Waals surface area contributed by atoms with Crippen LogP contribution >= 0.6 is 0 Å². The molecule has 2 N–H and O–H groups in total. The highest BCUT2D eigenvalue weighted by Crippen LogP contribution is 2.21. The Balaban J connectivity index is 1.42. The van der Waals surface area contributed by atoms with Crippen molar-refractivity contribution in [2.75, 3.05) is 32.7 Å². The van der Waals surface area contributed by atoms with Crippen LogP contribution in [0.1, 0.15) is 37.4 Å². The summed E-state index contributed by atoms with van der Waals surface area (Å²) in [6.45, 7) is 2.88. The number of hydrogen-bond donors (Lipinski definition) is 2. The quantitative estimate of drug-likeness (QED) is 0.858. The molecule has 1 aromatic carbocycles. The second-order valence-electron chi connectivity index (χ2n) is 7.05. The molecular formula is C19H26FN3O3. The highest BCUT2D eigenvalue weighted by Gasteiger charge is 2.30. The van der Waals surface area contributed by atoms with Gasteiger partial charge in [-0.3, -0.25) is 4.79 Å². The molecule has 1 unspecified atom stereocenters. The molecule has 2 aliphatic heterocycles. The van der Waals surface area contributed by atoms with Crippen LogP contribution in [-0.2, 0) is 4.79 Å². The molecule has 2 saturated heterocycles. The Labute approximate surface area is 153 Å². The van der Waals surface area contributed by atoms with Crippen molar-refractivity contribution in [1.29, 1.82) is 0 Å². The molecule has 1 atom stereocenters. The third-order valence-electron chi connectivity index (χ3n) is 5.22. The van der Waals surface area contributed by atoms with Crippen LogP contribution in [0.25, 0.3) is 0 Å².